The molecule has 2 aromatic carbocycles. The van der Waals surface area contributed by atoms with Gasteiger partial charge in [-0.05, 0) is 49.8 Å². The number of amides is 2. The Kier molecular flexibility index (Phi) is 7.67. The van der Waals surface area contributed by atoms with Crippen LogP contribution in [0, 0.1) is 0 Å². The molecule has 1 unspecified atom stereocenters. The smallest absolute Gasteiger partial charge is 0.251 e. The van der Waals surface area contributed by atoms with Crippen molar-refractivity contribution in [3.8, 4) is 0 Å². The molecule has 0 radical (unpaired) electrons. The molecule has 0 bridgehead atoms. The zero-order valence-corrected chi connectivity index (χ0v) is 19.0. The molecule has 1 aliphatic carbocycles. The summed E-state index contributed by atoms with van der Waals surface area (Å²) in [4.78, 5) is 31.5. The number of nitrogens with one attached hydrogen (secondary N) is 2. The highest BCUT2D eigenvalue weighted by molar-refractivity contribution is 7.11. The fourth-order valence-corrected chi connectivity index (χ4v) is 5.20. The minimum absolute atomic E-state index is 0.0642. The summed E-state index contributed by atoms with van der Waals surface area (Å²) in [7, 11) is 0. The van der Waals surface area contributed by atoms with Gasteiger partial charge >= 0.3 is 0 Å². The molecule has 3 aromatic rings. The third kappa shape index (κ3) is 6.04. The summed E-state index contributed by atoms with van der Waals surface area (Å²) in [5.41, 5.74) is 2.79. The molecule has 2 amide bonds. The van der Waals surface area contributed by atoms with E-state index in [0.717, 1.165) is 24.8 Å². The fraction of sp³-hybridized carbons (Fsp3) is 0.346. The van der Waals surface area contributed by atoms with E-state index in [-0.39, 0.29) is 24.3 Å². The number of thiazole rings is 1. The van der Waals surface area contributed by atoms with Crippen LogP contribution in [-0.2, 0) is 24.1 Å². The first-order chi connectivity index (χ1) is 15.7. The van der Waals surface area contributed by atoms with E-state index in [2.05, 4.69) is 10.6 Å². The maximum absolute atomic E-state index is 12.7. The SMILES string of the molecule is O=C(CC(NC(=O)c1ccccc1)c1ccccc1)NCCCc1nc2c(s1)CCCC2. The van der Waals surface area contributed by atoms with Crippen LogP contribution in [0.5, 0.6) is 0 Å². The lowest BCUT2D eigenvalue weighted by Gasteiger charge is -2.19. The summed E-state index contributed by atoms with van der Waals surface area (Å²) >= 11 is 1.84. The molecule has 1 aromatic heterocycles. The molecule has 1 aliphatic rings. The summed E-state index contributed by atoms with van der Waals surface area (Å²) in [5, 5.41) is 7.21. The van der Waals surface area contributed by atoms with Gasteiger partial charge in [-0.25, -0.2) is 4.98 Å². The first-order valence-corrected chi connectivity index (χ1v) is 12.2. The van der Waals surface area contributed by atoms with E-state index in [4.69, 9.17) is 4.98 Å². The Morgan fingerprint density at radius 3 is 2.44 bits per heavy atom. The van der Waals surface area contributed by atoms with Crippen molar-refractivity contribution in [1.82, 2.24) is 15.6 Å². The van der Waals surface area contributed by atoms with E-state index >= 15 is 0 Å². The average Bonchev–Trinajstić information content (AvgIpc) is 3.25. The van der Waals surface area contributed by atoms with Crippen LogP contribution in [0.15, 0.2) is 60.7 Å². The molecule has 0 saturated carbocycles. The molecule has 4 rings (SSSR count). The molecule has 0 fully saturated rings. The van der Waals surface area contributed by atoms with E-state index < -0.39 is 0 Å². The maximum atomic E-state index is 12.7. The van der Waals surface area contributed by atoms with Gasteiger partial charge in [-0.1, -0.05) is 48.5 Å². The predicted octanol–water partition coefficient (Wildman–Crippen LogP) is 4.63. The van der Waals surface area contributed by atoms with Gasteiger partial charge in [0.1, 0.15) is 0 Å². The van der Waals surface area contributed by atoms with Crippen molar-refractivity contribution in [2.24, 2.45) is 0 Å². The van der Waals surface area contributed by atoms with Gasteiger partial charge in [0.05, 0.1) is 23.2 Å². The van der Waals surface area contributed by atoms with Gasteiger partial charge in [0.25, 0.3) is 5.91 Å². The Balaban J connectivity index is 1.29. The van der Waals surface area contributed by atoms with E-state index in [1.54, 1.807) is 12.1 Å². The Labute approximate surface area is 193 Å². The Bertz CT molecular complexity index is 1010. The largest absolute Gasteiger partial charge is 0.356 e. The number of hydrogen-bond donors (Lipinski definition) is 2. The van der Waals surface area contributed by atoms with Crippen LogP contribution in [0.4, 0.5) is 0 Å². The maximum Gasteiger partial charge on any atom is 0.251 e. The summed E-state index contributed by atoms with van der Waals surface area (Å²) in [6.07, 6.45) is 6.75. The van der Waals surface area contributed by atoms with E-state index in [0.29, 0.717) is 12.1 Å². The lowest BCUT2D eigenvalue weighted by Crippen LogP contribution is -2.34. The van der Waals surface area contributed by atoms with E-state index in [9.17, 15) is 9.59 Å². The molecule has 0 saturated heterocycles. The Hall–Kier alpha value is -2.99. The molecule has 6 heteroatoms. The monoisotopic (exact) mass is 447 g/mol. The zero-order valence-electron chi connectivity index (χ0n) is 18.2. The number of fused-ring (bicyclic) bond motifs is 1. The number of nitrogens with zero attached hydrogens (tertiary/aromatic N) is 1. The highest BCUT2D eigenvalue weighted by Gasteiger charge is 2.19. The van der Waals surface area contributed by atoms with Crippen LogP contribution < -0.4 is 10.6 Å². The fourth-order valence-electron chi connectivity index (χ4n) is 4.01. The van der Waals surface area contributed by atoms with Crippen molar-refractivity contribution in [3.05, 3.63) is 87.4 Å². The normalized spacial score (nSPS) is 13.8. The summed E-state index contributed by atoms with van der Waals surface area (Å²) in [5.74, 6) is -0.245. The quantitative estimate of drug-likeness (QED) is 0.470. The van der Waals surface area contributed by atoms with Crippen molar-refractivity contribution in [2.75, 3.05) is 6.54 Å². The summed E-state index contributed by atoms with van der Waals surface area (Å²) in [6, 6.07) is 18.3. The third-order valence-corrected chi connectivity index (χ3v) is 6.93. The molecule has 166 valence electrons. The van der Waals surface area contributed by atoms with E-state index in [1.165, 1.54) is 34.8 Å². The Morgan fingerprint density at radius 1 is 0.969 bits per heavy atom. The van der Waals surface area contributed by atoms with Gasteiger partial charge in [0.15, 0.2) is 0 Å². The second-order valence-electron chi connectivity index (χ2n) is 8.14. The van der Waals surface area contributed by atoms with Crippen molar-refractivity contribution in [1.29, 1.82) is 0 Å². The summed E-state index contributed by atoms with van der Waals surface area (Å²) in [6.45, 7) is 0.608. The van der Waals surface area contributed by atoms with Crippen LogP contribution in [0.2, 0.25) is 0 Å². The second-order valence-corrected chi connectivity index (χ2v) is 9.31. The minimum Gasteiger partial charge on any atom is -0.356 e. The minimum atomic E-state index is -0.380. The molecule has 0 aliphatic heterocycles. The molecule has 5 nitrogen and oxygen atoms in total. The van der Waals surface area contributed by atoms with Gasteiger partial charge in [0, 0.05) is 23.4 Å². The number of carbonyl (C=O) groups excluding carboxylic acids is 2. The summed E-state index contributed by atoms with van der Waals surface area (Å²) < 4.78 is 0. The van der Waals surface area contributed by atoms with Crippen LogP contribution in [0.3, 0.4) is 0 Å². The number of benzene rings is 2. The molecule has 2 N–H and O–H groups in total. The zero-order chi connectivity index (χ0) is 22.2. The van der Waals surface area contributed by atoms with Crippen LogP contribution in [-0.4, -0.2) is 23.3 Å². The molecule has 1 heterocycles. The van der Waals surface area contributed by atoms with Crippen molar-refractivity contribution < 1.29 is 9.59 Å². The highest BCUT2D eigenvalue weighted by Crippen LogP contribution is 2.27. The first-order valence-electron chi connectivity index (χ1n) is 11.3. The number of hydrogen-bond acceptors (Lipinski definition) is 4. The van der Waals surface area contributed by atoms with Crippen LogP contribution in [0.1, 0.15) is 63.2 Å². The van der Waals surface area contributed by atoms with Gasteiger partial charge in [0.2, 0.25) is 5.91 Å². The molecular formula is C26H29N3O2S. The molecular weight excluding hydrogens is 418 g/mol. The number of aromatic nitrogens is 1. The van der Waals surface area contributed by atoms with Gasteiger partial charge in [-0.3, -0.25) is 9.59 Å². The highest BCUT2D eigenvalue weighted by atomic mass is 32.1. The second kappa shape index (κ2) is 11.0. The predicted molar refractivity (Wildman–Crippen MR) is 128 cm³/mol. The first kappa shape index (κ1) is 22.2. The molecule has 0 spiro atoms. The number of rotatable bonds is 9. The average molecular weight is 448 g/mol. The Morgan fingerprint density at radius 2 is 1.69 bits per heavy atom. The van der Waals surface area contributed by atoms with Crippen LogP contribution in [0.25, 0.3) is 0 Å². The van der Waals surface area contributed by atoms with Crippen LogP contribution >= 0.6 is 11.3 Å². The molecule has 1 atom stereocenters. The number of aryl methyl sites for hydroxylation is 3. The lowest BCUT2D eigenvalue weighted by atomic mass is 10.0. The topological polar surface area (TPSA) is 71.1 Å². The van der Waals surface area contributed by atoms with Gasteiger partial charge in [-0.15, -0.1) is 11.3 Å². The van der Waals surface area contributed by atoms with Crippen molar-refractivity contribution >= 4 is 23.2 Å². The third-order valence-electron chi connectivity index (χ3n) is 5.71. The van der Waals surface area contributed by atoms with Crippen molar-refractivity contribution in [3.63, 3.8) is 0 Å². The standard InChI is InChI=1S/C26H29N3O2S/c30-24(27-17-9-16-25-28-21-14-7-8-15-23(21)32-25)18-22(19-10-3-1-4-11-19)29-26(31)20-12-5-2-6-13-20/h1-6,10-13,22H,7-9,14-18H2,(H,27,30)(H,29,31). The van der Waals surface area contributed by atoms with Gasteiger partial charge in [-0.2, -0.15) is 0 Å². The lowest BCUT2D eigenvalue weighted by molar-refractivity contribution is -0.121. The van der Waals surface area contributed by atoms with E-state index in [1.807, 2.05) is 59.9 Å². The van der Waals surface area contributed by atoms with Crippen molar-refractivity contribution in [2.45, 2.75) is 51.0 Å². The number of carbonyl (C=O) groups is 2. The molecule has 32 heavy (non-hydrogen) atoms. The van der Waals surface area contributed by atoms with Gasteiger partial charge < -0.3 is 10.6 Å².